The molecule has 0 spiro atoms. The molecule has 2 aromatic carbocycles. The molecule has 0 saturated carbocycles. The van der Waals surface area contributed by atoms with Crippen molar-refractivity contribution in [2.24, 2.45) is 0 Å². The van der Waals surface area contributed by atoms with E-state index in [9.17, 15) is 9.90 Å². The highest BCUT2D eigenvalue weighted by atomic mass is 16.3. The smallest absolute Gasteiger partial charge is 0.159 e. The number of hydrogen-bond donors (Lipinski definition) is 1. The molecule has 0 aromatic heterocycles. The molecule has 0 saturated heterocycles. The van der Waals surface area contributed by atoms with Gasteiger partial charge in [0.1, 0.15) is 0 Å². The lowest BCUT2D eigenvalue weighted by Gasteiger charge is -2.22. The topological polar surface area (TPSA) is 40.5 Å². The van der Waals surface area contributed by atoms with Crippen molar-refractivity contribution >= 4 is 11.5 Å². The van der Waals surface area contributed by atoms with Crippen LogP contribution in [-0.4, -0.2) is 24.0 Å². The summed E-state index contributed by atoms with van der Waals surface area (Å²) in [6.07, 6.45) is 1.23. The van der Waals surface area contributed by atoms with Crippen LogP contribution >= 0.6 is 0 Å². The minimum atomic E-state index is -0.440. The summed E-state index contributed by atoms with van der Waals surface area (Å²) in [6.45, 7) is 7.54. The minimum Gasteiger partial charge on any atom is -0.388 e. The number of carbonyl (C=O) groups excluding carboxylic acids is 1. The first kappa shape index (κ1) is 16.7. The fraction of sp³-hybridized carbons (Fsp3) is 0.381. The van der Waals surface area contributed by atoms with Gasteiger partial charge in [0, 0.05) is 24.3 Å². The maximum absolute atomic E-state index is 11.5. The highest BCUT2D eigenvalue weighted by Gasteiger charge is 2.21. The van der Waals surface area contributed by atoms with Crippen LogP contribution in [0.15, 0.2) is 36.4 Å². The molecule has 3 nitrogen and oxygen atoms in total. The van der Waals surface area contributed by atoms with Crippen LogP contribution in [0.25, 0.3) is 0 Å². The van der Waals surface area contributed by atoms with Gasteiger partial charge >= 0.3 is 0 Å². The Bertz CT molecular complexity index is 766. The Morgan fingerprint density at radius 2 is 1.96 bits per heavy atom. The van der Waals surface area contributed by atoms with Crippen molar-refractivity contribution in [3.8, 4) is 0 Å². The zero-order chi connectivity index (χ0) is 17.3. The second kappa shape index (κ2) is 6.78. The average molecular weight is 323 g/mol. The second-order valence-electron chi connectivity index (χ2n) is 6.78. The normalized spacial score (nSPS) is 14.6. The van der Waals surface area contributed by atoms with Crippen LogP contribution in [0.1, 0.15) is 52.1 Å². The number of rotatable bonds is 5. The standard InChI is InChI=1S/C21H25NO2/c1-14-4-5-19(12-15(14)2)21(24)9-11-22-10-8-18-13-17(16(3)23)6-7-20(18)22/h4-7,12-13,21,24H,8-11H2,1-3H3. The quantitative estimate of drug-likeness (QED) is 0.846. The summed E-state index contributed by atoms with van der Waals surface area (Å²) in [6, 6.07) is 12.1. The van der Waals surface area contributed by atoms with Crippen molar-refractivity contribution in [3.05, 3.63) is 64.2 Å². The molecule has 0 aliphatic carbocycles. The molecule has 1 atom stereocenters. The van der Waals surface area contributed by atoms with Crippen LogP contribution in [0.4, 0.5) is 5.69 Å². The summed E-state index contributed by atoms with van der Waals surface area (Å²) in [5.74, 6) is 0.112. The molecule has 3 rings (SSSR count). The fourth-order valence-electron chi connectivity index (χ4n) is 3.34. The third-order valence-corrected chi connectivity index (χ3v) is 5.07. The van der Waals surface area contributed by atoms with Gasteiger partial charge in [-0.05, 0) is 74.1 Å². The number of ketones is 1. The van der Waals surface area contributed by atoms with Crippen molar-refractivity contribution in [2.75, 3.05) is 18.0 Å². The van der Waals surface area contributed by atoms with Crippen molar-refractivity contribution in [1.82, 2.24) is 0 Å². The van der Waals surface area contributed by atoms with Gasteiger partial charge < -0.3 is 10.0 Å². The third-order valence-electron chi connectivity index (χ3n) is 5.07. The number of aryl methyl sites for hydroxylation is 2. The van der Waals surface area contributed by atoms with Crippen molar-refractivity contribution in [2.45, 2.75) is 39.7 Å². The molecule has 1 unspecified atom stereocenters. The first-order valence-electron chi connectivity index (χ1n) is 8.59. The summed E-state index contributed by atoms with van der Waals surface area (Å²) in [7, 11) is 0. The van der Waals surface area contributed by atoms with Gasteiger partial charge in [0.25, 0.3) is 0 Å². The Kier molecular flexibility index (Phi) is 4.72. The largest absolute Gasteiger partial charge is 0.388 e. The average Bonchev–Trinajstić information content (AvgIpc) is 2.97. The molecule has 2 aromatic rings. The molecule has 0 amide bonds. The third kappa shape index (κ3) is 3.36. The van der Waals surface area contributed by atoms with Gasteiger partial charge in [-0.3, -0.25) is 4.79 Å². The van der Waals surface area contributed by atoms with E-state index < -0.39 is 6.10 Å². The van der Waals surface area contributed by atoms with Crippen LogP contribution in [0.5, 0.6) is 0 Å². The van der Waals surface area contributed by atoms with E-state index >= 15 is 0 Å². The Morgan fingerprint density at radius 3 is 2.67 bits per heavy atom. The lowest BCUT2D eigenvalue weighted by Crippen LogP contribution is -2.23. The lowest BCUT2D eigenvalue weighted by molar-refractivity contribution is 0.101. The van der Waals surface area contributed by atoms with Gasteiger partial charge in [-0.25, -0.2) is 0 Å². The number of aliphatic hydroxyl groups excluding tert-OH is 1. The predicted octanol–water partition coefficient (Wildman–Crippen LogP) is 3.99. The van der Waals surface area contributed by atoms with Crippen LogP contribution < -0.4 is 4.90 Å². The van der Waals surface area contributed by atoms with Crippen molar-refractivity contribution in [1.29, 1.82) is 0 Å². The zero-order valence-corrected chi connectivity index (χ0v) is 14.7. The maximum Gasteiger partial charge on any atom is 0.159 e. The SMILES string of the molecule is CC(=O)c1ccc2c(c1)CCN2CCC(O)c1ccc(C)c(C)c1. The number of anilines is 1. The molecule has 1 aliphatic heterocycles. The van der Waals surface area contributed by atoms with E-state index in [1.165, 1.54) is 22.4 Å². The van der Waals surface area contributed by atoms with E-state index in [4.69, 9.17) is 0 Å². The molecule has 1 heterocycles. The van der Waals surface area contributed by atoms with E-state index in [1.807, 2.05) is 24.3 Å². The van der Waals surface area contributed by atoms with Gasteiger partial charge in [-0.1, -0.05) is 18.2 Å². The minimum absolute atomic E-state index is 0.112. The maximum atomic E-state index is 11.5. The number of aliphatic hydroxyl groups is 1. The van der Waals surface area contributed by atoms with E-state index in [0.717, 1.165) is 30.6 Å². The Labute approximate surface area is 143 Å². The molecule has 0 bridgehead atoms. The van der Waals surface area contributed by atoms with Crippen LogP contribution in [0, 0.1) is 13.8 Å². The van der Waals surface area contributed by atoms with E-state index in [2.05, 4.69) is 30.9 Å². The van der Waals surface area contributed by atoms with Crippen molar-refractivity contribution in [3.63, 3.8) is 0 Å². The van der Waals surface area contributed by atoms with Crippen molar-refractivity contribution < 1.29 is 9.90 Å². The highest BCUT2D eigenvalue weighted by Crippen LogP contribution is 2.30. The molecule has 126 valence electrons. The van der Waals surface area contributed by atoms with Gasteiger partial charge in [-0.2, -0.15) is 0 Å². The van der Waals surface area contributed by atoms with E-state index in [-0.39, 0.29) is 5.78 Å². The van der Waals surface area contributed by atoms with Crippen LogP contribution in [0.3, 0.4) is 0 Å². The monoisotopic (exact) mass is 323 g/mol. The number of nitrogens with zero attached hydrogens (tertiary/aromatic N) is 1. The summed E-state index contributed by atoms with van der Waals surface area (Å²) in [5.41, 5.74) is 6.68. The van der Waals surface area contributed by atoms with Gasteiger partial charge in [-0.15, -0.1) is 0 Å². The lowest BCUT2D eigenvalue weighted by atomic mass is 10.0. The summed E-state index contributed by atoms with van der Waals surface area (Å²) >= 11 is 0. The first-order chi connectivity index (χ1) is 11.5. The van der Waals surface area contributed by atoms with E-state index in [0.29, 0.717) is 6.42 Å². The molecule has 3 heteroatoms. The molecule has 0 fully saturated rings. The molecular formula is C21H25NO2. The molecular weight excluding hydrogens is 298 g/mol. The number of hydrogen-bond acceptors (Lipinski definition) is 3. The number of benzene rings is 2. The number of carbonyl (C=O) groups is 1. The second-order valence-corrected chi connectivity index (χ2v) is 6.78. The zero-order valence-electron chi connectivity index (χ0n) is 14.7. The van der Waals surface area contributed by atoms with Gasteiger partial charge in [0.05, 0.1) is 6.10 Å². The summed E-state index contributed by atoms with van der Waals surface area (Å²) in [4.78, 5) is 13.8. The Hall–Kier alpha value is -2.13. The van der Waals surface area contributed by atoms with Crippen LogP contribution in [-0.2, 0) is 6.42 Å². The van der Waals surface area contributed by atoms with Gasteiger partial charge in [0.15, 0.2) is 5.78 Å². The highest BCUT2D eigenvalue weighted by molar-refractivity contribution is 5.94. The summed E-state index contributed by atoms with van der Waals surface area (Å²) in [5, 5.41) is 10.5. The molecule has 24 heavy (non-hydrogen) atoms. The molecule has 0 radical (unpaired) electrons. The van der Waals surface area contributed by atoms with Gasteiger partial charge in [0.2, 0.25) is 0 Å². The number of Topliss-reactive ketones (excluding diaryl/α,β-unsaturated/α-hetero) is 1. The van der Waals surface area contributed by atoms with Crippen LogP contribution in [0.2, 0.25) is 0 Å². The Morgan fingerprint density at radius 1 is 1.17 bits per heavy atom. The fourth-order valence-corrected chi connectivity index (χ4v) is 3.34. The summed E-state index contributed by atoms with van der Waals surface area (Å²) < 4.78 is 0. The Balaban J connectivity index is 1.66. The molecule has 1 aliphatic rings. The van der Waals surface area contributed by atoms with E-state index in [1.54, 1.807) is 6.92 Å². The predicted molar refractivity (Wildman–Crippen MR) is 97.9 cm³/mol. The number of fused-ring (bicyclic) bond motifs is 1. The first-order valence-corrected chi connectivity index (χ1v) is 8.59. The molecule has 1 N–H and O–H groups in total.